The molecule has 0 spiro atoms. The number of rotatable bonds is 4. The average Bonchev–Trinajstić information content (AvgIpc) is 2.85. The molecule has 8 nitrogen and oxygen atoms in total. The zero-order chi connectivity index (χ0) is 25.2. The fraction of sp³-hybridized carbons (Fsp3) is 0.444. The van der Waals surface area contributed by atoms with Crippen molar-refractivity contribution in [2.24, 2.45) is 23.7 Å². The normalized spacial score (nSPS) is 29.3. The zero-order valence-corrected chi connectivity index (χ0v) is 20.9. The monoisotopic (exact) mass is 504 g/mol. The van der Waals surface area contributed by atoms with Crippen molar-refractivity contribution >= 4 is 27.6 Å². The van der Waals surface area contributed by atoms with Gasteiger partial charge in [-0.2, -0.15) is 5.26 Å². The highest BCUT2D eigenvalue weighted by molar-refractivity contribution is 7.90. The Kier molecular flexibility index (Phi) is 5.34. The van der Waals surface area contributed by atoms with Gasteiger partial charge in [-0.3, -0.25) is 4.79 Å². The van der Waals surface area contributed by atoms with E-state index in [0.717, 1.165) is 16.1 Å². The standard InChI is InChI=1S/C27H28N4O4S/c1-30(25-21-9-18-7-19(11-21)12-22(25)10-18)26(32)20-4-2-3-17(8-20)15-31-27(33)29-23-6-5-16(14-28)13-24(23)36(31,34)35/h2-6,8,13,18-19,21-22,25H,7,9-12,15H2,1H3,(H,29,33). The van der Waals surface area contributed by atoms with E-state index in [2.05, 4.69) is 5.32 Å². The molecule has 4 fully saturated rings. The van der Waals surface area contributed by atoms with E-state index in [0.29, 0.717) is 23.0 Å². The fourth-order valence-corrected chi connectivity index (χ4v) is 8.80. The molecule has 2 aromatic rings. The summed E-state index contributed by atoms with van der Waals surface area (Å²) in [5, 5.41) is 11.8. The molecular weight excluding hydrogens is 476 g/mol. The molecule has 4 bridgehead atoms. The average molecular weight is 505 g/mol. The molecule has 0 aromatic heterocycles. The van der Waals surface area contributed by atoms with Crippen LogP contribution in [0, 0.1) is 35.0 Å². The van der Waals surface area contributed by atoms with Crippen LogP contribution < -0.4 is 5.32 Å². The Balaban J connectivity index is 1.24. The van der Waals surface area contributed by atoms with Gasteiger partial charge in [-0.1, -0.05) is 12.1 Å². The second-order valence-corrected chi connectivity index (χ2v) is 12.6. The van der Waals surface area contributed by atoms with E-state index >= 15 is 0 Å². The van der Waals surface area contributed by atoms with Gasteiger partial charge < -0.3 is 10.2 Å². The quantitative estimate of drug-likeness (QED) is 0.671. The molecule has 1 aliphatic heterocycles. The number of fused-ring (bicyclic) bond motifs is 1. The lowest BCUT2D eigenvalue weighted by atomic mass is 9.54. The predicted molar refractivity (Wildman–Crippen MR) is 132 cm³/mol. The van der Waals surface area contributed by atoms with Gasteiger partial charge >= 0.3 is 6.03 Å². The number of nitrogens with zero attached hydrogens (tertiary/aromatic N) is 3. The Bertz CT molecular complexity index is 1390. The van der Waals surface area contributed by atoms with Crippen LogP contribution in [0.25, 0.3) is 0 Å². The summed E-state index contributed by atoms with van der Waals surface area (Å²) in [6, 6.07) is 12.4. The van der Waals surface area contributed by atoms with Gasteiger partial charge in [-0.05, 0) is 91.7 Å². The molecule has 0 atom stereocenters. The lowest BCUT2D eigenvalue weighted by molar-refractivity contribution is -0.0491. The van der Waals surface area contributed by atoms with E-state index < -0.39 is 16.1 Å². The van der Waals surface area contributed by atoms with Crippen LogP contribution in [-0.2, 0) is 16.6 Å². The van der Waals surface area contributed by atoms with Crippen LogP contribution in [0.3, 0.4) is 0 Å². The Labute approximate surface area is 210 Å². The number of anilines is 1. The van der Waals surface area contributed by atoms with Crippen molar-refractivity contribution in [3.05, 3.63) is 59.2 Å². The molecule has 0 saturated heterocycles. The van der Waals surface area contributed by atoms with E-state index in [4.69, 9.17) is 5.26 Å². The molecule has 0 radical (unpaired) electrons. The van der Waals surface area contributed by atoms with Crippen LogP contribution in [0.15, 0.2) is 47.4 Å². The highest BCUT2D eigenvalue weighted by atomic mass is 32.2. The maximum atomic E-state index is 13.5. The first-order valence-electron chi connectivity index (χ1n) is 12.5. The molecule has 7 rings (SSSR count). The van der Waals surface area contributed by atoms with Crippen LogP contribution in [-0.4, -0.2) is 42.7 Å². The van der Waals surface area contributed by atoms with Gasteiger partial charge in [-0.25, -0.2) is 17.5 Å². The lowest BCUT2D eigenvalue weighted by Gasteiger charge is -2.56. The van der Waals surface area contributed by atoms with E-state index in [1.807, 2.05) is 18.0 Å². The molecule has 186 valence electrons. The highest BCUT2D eigenvalue weighted by Gasteiger charge is 2.50. The number of hydrogen-bond donors (Lipinski definition) is 1. The van der Waals surface area contributed by atoms with E-state index in [1.54, 1.807) is 24.3 Å². The predicted octanol–water partition coefficient (Wildman–Crippen LogP) is 4.19. The number of carbonyl (C=O) groups is 2. The molecule has 0 unspecified atom stereocenters. The van der Waals surface area contributed by atoms with Gasteiger partial charge in [0.1, 0.15) is 4.90 Å². The number of hydrogen-bond acceptors (Lipinski definition) is 5. The summed E-state index contributed by atoms with van der Waals surface area (Å²) < 4.78 is 27.2. The first-order chi connectivity index (χ1) is 17.2. The number of nitriles is 1. The van der Waals surface area contributed by atoms with Crippen molar-refractivity contribution in [2.75, 3.05) is 12.4 Å². The first kappa shape index (κ1) is 23.0. The van der Waals surface area contributed by atoms with Crippen LogP contribution in [0.1, 0.15) is 53.6 Å². The SMILES string of the molecule is CN(C(=O)c1cccc(CN2C(=O)Nc3ccc(C#N)cc3S2(=O)=O)c1)C1C2CC3CC(C2)CC1C3. The van der Waals surface area contributed by atoms with E-state index in [-0.39, 0.29) is 34.6 Å². The second kappa shape index (κ2) is 8.34. The summed E-state index contributed by atoms with van der Waals surface area (Å²) in [5.41, 5.74) is 1.37. The van der Waals surface area contributed by atoms with Gasteiger partial charge in [-0.15, -0.1) is 0 Å². The molecule has 4 saturated carbocycles. The smallest absolute Gasteiger partial charge is 0.336 e. The third-order valence-electron chi connectivity index (χ3n) is 8.59. The number of benzene rings is 2. The van der Waals surface area contributed by atoms with Crippen LogP contribution in [0.2, 0.25) is 0 Å². The summed E-state index contributed by atoms with van der Waals surface area (Å²) in [5.74, 6) is 2.72. The van der Waals surface area contributed by atoms with Crippen molar-refractivity contribution in [1.29, 1.82) is 5.26 Å². The zero-order valence-electron chi connectivity index (χ0n) is 20.1. The van der Waals surface area contributed by atoms with Gasteiger partial charge in [0, 0.05) is 18.7 Å². The Morgan fingerprint density at radius 2 is 1.78 bits per heavy atom. The van der Waals surface area contributed by atoms with Crippen LogP contribution in [0.4, 0.5) is 10.5 Å². The Morgan fingerprint density at radius 1 is 1.08 bits per heavy atom. The number of carbonyl (C=O) groups excluding carboxylic acids is 2. The number of urea groups is 1. The Hall–Kier alpha value is -3.38. The van der Waals surface area contributed by atoms with Gasteiger partial charge in [0.05, 0.1) is 23.9 Å². The molecule has 3 amide bonds. The van der Waals surface area contributed by atoms with Crippen molar-refractivity contribution in [3.8, 4) is 6.07 Å². The molecular formula is C27H28N4O4S. The highest BCUT2D eigenvalue weighted by Crippen LogP contribution is 2.55. The summed E-state index contributed by atoms with van der Waals surface area (Å²) in [4.78, 5) is 28.0. The van der Waals surface area contributed by atoms with Crippen LogP contribution >= 0.6 is 0 Å². The summed E-state index contributed by atoms with van der Waals surface area (Å²) >= 11 is 0. The molecule has 36 heavy (non-hydrogen) atoms. The minimum atomic E-state index is -4.17. The third kappa shape index (κ3) is 3.66. The minimum absolute atomic E-state index is 0.0655. The fourth-order valence-electron chi connectivity index (χ4n) is 7.31. The molecule has 1 N–H and O–H groups in total. The minimum Gasteiger partial charge on any atom is -0.338 e. The summed E-state index contributed by atoms with van der Waals surface area (Å²) in [6.45, 7) is -0.215. The van der Waals surface area contributed by atoms with Crippen molar-refractivity contribution in [2.45, 2.75) is 49.6 Å². The van der Waals surface area contributed by atoms with Crippen molar-refractivity contribution in [1.82, 2.24) is 9.21 Å². The van der Waals surface area contributed by atoms with Gasteiger partial charge in [0.25, 0.3) is 15.9 Å². The second-order valence-electron chi connectivity index (χ2n) is 10.8. The molecule has 2 aromatic carbocycles. The van der Waals surface area contributed by atoms with Gasteiger partial charge in [0.15, 0.2) is 0 Å². The maximum Gasteiger partial charge on any atom is 0.336 e. The molecule has 4 aliphatic carbocycles. The van der Waals surface area contributed by atoms with E-state index in [1.165, 1.54) is 50.3 Å². The molecule has 5 aliphatic rings. The Morgan fingerprint density at radius 3 is 2.44 bits per heavy atom. The number of nitrogens with one attached hydrogen (secondary N) is 1. The third-order valence-corrected chi connectivity index (χ3v) is 10.4. The van der Waals surface area contributed by atoms with Crippen molar-refractivity contribution in [3.63, 3.8) is 0 Å². The van der Waals surface area contributed by atoms with Crippen molar-refractivity contribution < 1.29 is 18.0 Å². The maximum absolute atomic E-state index is 13.5. The van der Waals surface area contributed by atoms with Gasteiger partial charge in [0.2, 0.25) is 0 Å². The molecule has 1 heterocycles. The number of sulfonamides is 1. The first-order valence-corrected chi connectivity index (χ1v) is 13.9. The summed E-state index contributed by atoms with van der Waals surface area (Å²) in [7, 11) is -2.27. The van der Waals surface area contributed by atoms with Crippen LogP contribution in [0.5, 0.6) is 0 Å². The number of amides is 3. The van der Waals surface area contributed by atoms with E-state index in [9.17, 15) is 18.0 Å². The topological polar surface area (TPSA) is 111 Å². The molecule has 9 heteroatoms. The lowest BCUT2D eigenvalue weighted by Crippen LogP contribution is -2.56. The summed E-state index contributed by atoms with van der Waals surface area (Å²) in [6.07, 6.45) is 6.21. The largest absolute Gasteiger partial charge is 0.338 e.